The Labute approximate surface area is 162 Å². The average molecular weight is 386 g/mol. The smallest absolute Gasteiger partial charge is 0.237 e. The summed E-state index contributed by atoms with van der Waals surface area (Å²) in [7, 11) is 0. The summed E-state index contributed by atoms with van der Waals surface area (Å²) in [4.78, 5) is 14.7. The first-order chi connectivity index (χ1) is 11.6. The van der Waals surface area contributed by atoms with E-state index in [4.69, 9.17) is 11.6 Å². The molecular weight excluding hydrogens is 357 g/mol. The van der Waals surface area contributed by atoms with E-state index in [0.29, 0.717) is 12.0 Å². The predicted octanol–water partition coefficient (Wildman–Crippen LogP) is 3.40. The molecule has 0 spiro atoms. The summed E-state index contributed by atoms with van der Waals surface area (Å²) in [6.07, 6.45) is 4.43. The summed E-state index contributed by atoms with van der Waals surface area (Å²) in [6.45, 7) is 6.09. The molecule has 3 unspecified atom stereocenters. The van der Waals surface area contributed by atoms with Crippen molar-refractivity contribution in [3.8, 4) is 0 Å². The second-order valence-corrected chi connectivity index (χ2v) is 7.50. The number of likely N-dealkylation sites (tertiary alicyclic amines) is 1. The van der Waals surface area contributed by atoms with Crippen LogP contribution in [0.4, 0.5) is 0 Å². The minimum Gasteiger partial charge on any atom is -0.354 e. The lowest BCUT2D eigenvalue weighted by molar-refractivity contribution is -0.123. The van der Waals surface area contributed by atoms with E-state index in [-0.39, 0.29) is 24.4 Å². The summed E-state index contributed by atoms with van der Waals surface area (Å²) in [6, 6.07) is 8.44. The molecule has 2 fully saturated rings. The standard InChI is InChI=1S/C19H28ClN3O.ClH/c1-14(16-7-2-3-8-17(16)20)23-11-5-6-15(13-23)12-22-19(24)18-9-4-10-21-18;/h2-3,7-8,14-15,18,21H,4-6,9-13H2,1H3,(H,22,24);1H. The van der Waals surface area contributed by atoms with Crippen molar-refractivity contribution in [3.63, 3.8) is 0 Å². The number of rotatable bonds is 5. The van der Waals surface area contributed by atoms with E-state index in [1.807, 2.05) is 18.2 Å². The van der Waals surface area contributed by atoms with E-state index in [9.17, 15) is 4.79 Å². The number of nitrogens with zero attached hydrogens (tertiary/aromatic N) is 1. The van der Waals surface area contributed by atoms with Crippen LogP contribution >= 0.6 is 24.0 Å². The van der Waals surface area contributed by atoms with E-state index in [1.165, 1.54) is 18.4 Å². The van der Waals surface area contributed by atoms with Gasteiger partial charge in [-0.3, -0.25) is 9.69 Å². The van der Waals surface area contributed by atoms with Gasteiger partial charge in [0.25, 0.3) is 0 Å². The Bertz CT molecular complexity index is 563. The Balaban J connectivity index is 0.00000225. The van der Waals surface area contributed by atoms with Crippen LogP contribution in [0.5, 0.6) is 0 Å². The topological polar surface area (TPSA) is 44.4 Å². The summed E-state index contributed by atoms with van der Waals surface area (Å²) < 4.78 is 0. The second-order valence-electron chi connectivity index (χ2n) is 7.09. The van der Waals surface area contributed by atoms with Gasteiger partial charge in [-0.25, -0.2) is 0 Å². The van der Waals surface area contributed by atoms with Gasteiger partial charge in [0.2, 0.25) is 5.91 Å². The molecule has 0 aliphatic carbocycles. The molecule has 2 N–H and O–H groups in total. The maximum absolute atomic E-state index is 12.2. The molecule has 1 amide bonds. The summed E-state index contributed by atoms with van der Waals surface area (Å²) >= 11 is 6.36. The van der Waals surface area contributed by atoms with Gasteiger partial charge in [-0.1, -0.05) is 29.8 Å². The molecule has 3 atom stereocenters. The Morgan fingerprint density at radius 2 is 2.16 bits per heavy atom. The largest absolute Gasteiger partial charge is 0.354 e. The average Bonchev–Trinajstić information content (AvgIpc) is 3.14. The quantitative estimate of drug-likeness (QED) is 0.815. The zero-order chi connectivity index (χ0) is 16.9. The Morgan fingerprint density at radius 1 is 1.36 bits per heavy atom. The van der Waals surface area contributed by atoms with Gasteiger partial charge in [0.05, 0.1) is 6.04 Å². The fourth-order valence-corrected chi connectivity index (χ4v) is 4.20. The van der Waals surface area contributed by atoms with E-state index >= 15 is 0 Å². The van der Waals surface area contributed by atoms with Crippen molar-refractivity contribution in [3.05, 3.63) is 34.9 Å². The van der Waals surface area contributed by atoms with Crippen molar-refractivity contribution in [1.29, 1.82) is 0 Å². The third-order valence-electron chi connectivity index (χ3n) is 5.40. The molecule has 4 nitrogen and oxygen atoms in total. The maximum atomic E-state index is 12.2. The van der Waals surface area contributed by atoms with Crippen molar-refractivity contribution >= 4 is 29.9 Å². The van der Waals surface area contributed by atoms with Gasteiger partial charge in [-0.2, -0.15) is 0 Å². The highest BCUT2D eigenvalue weighted by atomic mass is 35.5. The molecule has 140 valence electrons. The summed E-state index contributed by atoms with van der Waals surface area (Å²) in [5.41, 5.74) is 1.19. The third-order valence-corrected chi connectivity index (χ3v) is 5.74. The highest BCUT2D eigenvalue weighted by molar-refractivity contribution is 6.31. The first-order valence-corrected chi connectivity index (χ1v) is 9.52. The van der Waals surface area contributed by atoms with Crippen LogP contribution in [-0.4, -0.2) is 43.0 Å². The first-order valence-electron chi connectivity index (χ1n) is 9.14. The molecule has 2 saturated heterocycles. The molecule has 6 heteroatoms. The van der Waals surface area contributed by atoms with Crippen molar-refractivity contribution < 1.29 is 4.79 Å². The highest BCUT2D eigenvalue weighted by Gasteiger charge is 2.27. The Morgan fingerprint density at radius 3 is 2.88 bits per heavy atom. The minimum absolute atomic E-state index is 0. The van der Waals surface area contributed by atoms with Crippen LogP contribution in [0.2, 0.25) is 5.02 Å². The van der Waals surface area contributed by atoms with Crippen LogP contribution in [0.25, 0.3) is 0 Å². The molecule has 1 aromatic rings. The molecule has 25 heavy (non-hydrogen) atoms. The molecule has 2 heterocycles. The molecule has 0 bridgehead atoms. The zero-order valence-corrected chi connectivity index (χ0v) is 16.4. The number of hydrogen-bond donors (Lipinski definition) is 2. The summed E-state index contributed by atoms with van der Waals surface area (Å²) in [5.74, 6) is 0.692. The number of carbonyl (C=O) groups excluding carboxylic acids is 1. The van der Waals surface area contributed by atoms with Crippen LogP contribution < -0.4 is 10.6 Å². The molecule has 1 aromatic carbocycles. The predicted molar refractivity (Wildman–Crippen MR) is 105 cm³/mol. The lowest BCUT2D eigenvalue weighted by Crippen LogP contribution is -2.45. The van der Waals surface area contributed by atoms with E-state index in [1.54, 1.807) is 0 Å². The van der Waals surface area contributed by atoms with E-state index in [2.05, 4.69) is 28.5 Å². The van der Waals surface area contributed by atoms with Crippen LogP contribution in [0, 0.1) is 5.92 Å². The molecule has 0 aromatic heterocycles. The third kappa shape index (κ3) is 5.33. The van der Waals surface area contributed by atoms with Gasteiger partial charge in [-0.15, -0.1) is 12.4 Å². The molecule has 2 aliphatic rings. The van der Waals surface area contributed by atoms with Crippen LogP contribution in [-0.2, 0) is 4.79 Å². The Kier molecular flexibility index (Phi) is 8.01. The number of carbonyl (C=O) groups is 1. The fourth-order valence-electron chi connectivity index (χ4n) is 3.90. The van der Waals surface area contributed by atoms with Gasteiger partial charge in [0.15, 0.2) is 0 Å². The lowest BCUT2D eigenvalue weighted by Gasteiger charge is -2.37. The van der Waals surface area contributed by atoms with Crippen molar-refractivity contribution in [2.75, 3.05) is 26.2 Å². The molecule has 2 aliphatic heterocycles. The normalized spacial score (nSPS) is 25.2. The van der Waals surface area contributed by atoms with Crippen molar-refractivity contribution in [2.45, 2.75) is 44.7 Å². The number of halogens is 2. The molecule has 3 rings (SSSR count). The zero-order valence-electron chi connectivity index (χ0n) is 14.8. The van der Waals surface area contributed by atoms with Gasteiger partial charge >= 0.3 is 0 Å². The number of benzene rings is 1. The minimum atomic E-state index is 0. The Hall–Kier alpha value is -0.810. The fraction of sp³-hybridized carbons (Fsp3) is 0.632. The van der Waals surface area contributed by atoms with Crippen molar-refractivity contribution in [2.24, 2.45) is 5.92 Å². The number of piperidine rings is 1. The van der Waals surface area contributed by atoms with E-state index in [0.717, 1.165) is 44.0 Å². The van der Waals surface area contributed by atoms with Gasteiger partial charge < -0.3 is 10.6 Å². The second kappa shape index (κ2) is 9.77. The summed E-state index contributed by atoms with van der Waals surface area (Å²) in [5, 5.41) is 7.25. The van der Waals surface area contributed by atoms with Crippen LogP contribution in [0.1, 0.15) is 44.2 Å². The van der Waals surface area contributed by atoms with Gasteiger partial charge in [0, 0.05) is 24.2 Å². The monoisotopic (exact) mass is 385 g/mol. The highest BCUT2D eigenvalue weighted by Crippen LogP contribution is 2.30. The van der Waals surface area contributed by atoms with Crippen LogP contribution in [0.3, 0.4) is 0 Å². The number of amides is 1. The van der Waals surface area contributed by atoms with Gasteiger partial charge in [0.1, 0.15) is 0 Å². The first kappa shape index (κ1) is 20.5. The number of hydrogen-bond acceptors (Lipinski definition) is 3. The molecular formula is C19H29Cl2N3O. The molecule has 0 saturated carbocycles. The number of nitrogens with one attached hydrogen (secondary N) is 2. The van der Waals surface area contributed by atoms with Gasteiger partial charge in [-0.05, 0) is 63.2 Å². The van der Waals surface area contributed by atoms with Crippen LogP contribution in [0.15, 0.2) is 24.3 Å². The SMILES string of the molecule is CC(c1ccccc1Cl)N1CCCC(CNC(=O)C2CCCN2)C1.Cl. The van der Waals surface area contributed by atoms with E-state index < -0.39 is 0 Å². The maximum Gasteiger partial charge on any atom is 0.237 e. The van der Waals surface area contributed by atoms with Crippen molar-refractivity contribution in [1.82, 2.24) is 15.5 Å². The lowest BCUT2D eigenvalue weighted by atomic mass is 9.95. The molecule has 0 radical (unpaired) electrons.